The standard InChI is InChI=1S/C36H37ClN6O4/c1-20-24(6-5-9-27(20)41-34-32-23(12-14-38-34)18-40-43(2)36(32)45)25-7-4-8-26(33(25)37)29-16-21-10-11-22(31(21)35(42-29)46-3)17-39-28-13-15-47-19-30(28)44/h4-9,12,14,16,18,22,28,30,39,44H,10-11,13,15,17,19H2,1-3H3,(H,38,41)/t22?,28-,30+/m0/s1. The molecule has 2 aliphatic rings. The average Bonchev–Trinajstić information content (AvgIpc) is 3.50. The van der Waals surface area contributed by atoms with E-state index < -0.39 is 6.10 Å². The molecule has 5 aromatic rings. The number of aliphatic hydroxyl groups excluding tert-OH is 1. The highest BCUT2D eigenvalue weighted by Crippen LogP contribution is 2.44. The van der Waals surface area contributed by atoms with Crippen molar-refractivity contribution < 1.29 is 14.6 Å². The van der Waals surface area contributed by atoms with Crippen LogP contribution in [0.25, 0.3) is 33.2 Å². The van der Waals surface area contributed by atoms with Crippen LogP contribution < -0.4 is 20.9 Å². The molecule has 47 heavy (non-hydrogen) atoms. The van der Waals surface area contributed by atoms with Gasteiger partial charge in [0.05, 0.1) is 42.1 Å². The molecule has 3 N–H and O–H groups in total. The summed E-state index contributed by atoms with van der Waals surface area (Å²) in [6, 6.07) is 15.9. The summed E-state index contributed by atoms with van der Waals surface area (Å²) in [5, 5.41) is 23.2. The number of rotatable bonds is 8. The van der Waals surface area contributed by atoms with E-state index in [1.54, 1.807) is 32.6 Å². The van der Waals surface area contributed by atoms with Gasteiger partial charge in [0.15, 0.2) is 0 Å². The molecular weight excluding hydrogens is 616 g/mol. The predicted molar refractivity (Wildman–Crippen MR) is 184 cm³/mol. The normalized spacial score (nSPS) is 19.1. The van der Waals surface area contributed by atoms with E-state index in [2.05, 4.69) is 26.8 Å². The van der Waals surface area contributed by atoms with Crippen LogP contribution in [0.3, 0.4) is 0 Å². The summed E-state index contributed by atoms with van der Waals surface area (Å²) in [6.07, 6.45) is 5.51. The Kier molecular flexibility index (Phi) is 8.67. The number of fused-ring (bicyclic) bond motifs is 2. The van der Waals surface area contributed by atoms with Gasteiger partial charge in [-0.25, -0.2) is 14.6 Å². The Morgan fingerprint density at radius 2 is 1.94 bits per heavy atom. The van der Waals surface area contributed by atoms with Gasteiger partial charge in [0.2, 0.25) is 5.88 Å². The fourth-order valence-electron chi connectivity index (χ4n) is 6.85. The zero-order valence-corrected chi connectivity index (χ0v) is 27.3. The topological polar surface area (TPSA) is 123 Å². The number of aromatic nitrogens is 4. The van der Waals surface area contributed by atoms with Crippen LogP contribution in [0, 0.1) is 6.92 Å². The van der Waals surface area contributed by atoms with Crippen LogP contribution in [0.5, 0.6) is 5.88 Å². The first kappa shape index (κ1) is 31.3. The summed E-state index contributed by atoms with van der Waals surface area (Å²) in [6.45, 7) is 3.79. The molecule has 0 saturated carbocycles. The molecule has 1 fully saturated rings. The summed E-state index contributed by atoms with van der Waals surface area (Å²) in [7, 11) is 3.29. The third kappa shape index (κ3) is 5.87. The zero-order chi connectivity index (χ0) is 32.7. The largest absolute Gasteiger partial charge is 0.481 e. The van der Waals surface area contributed by atoms with Gasteiger partial charge in [-0.15, -0.1) is 0 Å². The Bertz CT molecular complexity index is 2030. The molecule has 3 atom stereocenters. The predicted octanol–water partition coefficient (Wildman–Crippen LogP) is 5.54. The number of nitrogens with one attached hydrogen (secondary N) is 2. The summed E-state index contributed by atoms with van der Waals surface area (Å²) < 4.78 is 12.6. The lowest BCUT2D eigenvalue weighted by atomic mass is 9.95. The number of hydrogen-bond acceptors (Lipinski definition) is 9. The Hall–Kier alpha value is -4.35. The molecule has 7 rings (SSSR count). The number of aryl methyl sites for hydroxylation is 2. The fraction of sp³-hybridized carbons (Fsp3) is 0.333. The van der Waals surface area contributed by atoms with Crippen LogP contribution in [-0.4, -0.2) is 63.9 Å². The highest BCUT2D eigenvalue weighted by atomic mass is 35.5. The van der Waals surface area contributed by atoms with Crippen molar-refractivity contribution in [1.82, 2.24) is 25.1 Å². The van der Waals surface area contributed by atoms with E-state index in [9.17, 15) is 9.90 Å². The maximum atomic E-state index is 12.9. The Morgan fingerprint density at radius 1 is 1.13 bits per heavy atom. The minimum absolute atomic E-state index is 0.0256. The Labute approximate surface area is 277 Å². The number of nitrogens with zero attached hydrogens (tertiary/aromatic N) is 4. The van der Waals surface area contributed by atoms with E-state index in [1.807, 2.05) is 43.3 Å². The van der Waals surface area contributed by atoms with Crippen molar-refractivity contribution in [3.05, 3.63) is 93.0 Å². The number of methoxy groups -OCH3 is 1. The Morgan fingerprint density at radius 3 is 2.77 bits per heavy atom. The van der Waals surface area contributed by atoms with Crippen LogP contribution in [0.2, 0.25) is 5.02 Å². The van der Waals surface area contributed by atoms with Crippen molar-refractivity contribution in [2.45, 2.75) is 44.2 Å². The lowest BCUT2D eigenvalue weighted by molar-refractivity contribution is -0.0278. The van der Waals surface area contributed by atoms with Crippen molar-refractivity contribution >= 4 is 33.9 Å². The maximum absolute atomic E-state index is 12.9. The van der Waals surface area contributed by atoms with Crippen LogP contribution in [-0.2, 0) is 18.2 Å². The van der Waals surface area contributed by atoms with E-state index in [0.29, 0.717) is 40.7 Å². The third-order valence-corrected chi connectivity index (χ3v) is 9.85. The van der Waals surface area contributed by atoms with E-state index in [-0.39, 0.29) is 17.5 Å². The van der Waals surface area contributed by atoms with E-state index >= 15 is 0 Å². The summed E-state index contributed by atoms with van der Waals surface area (Å²) >= 11 is 7.19. The second-order valence-electron chi connectivity index (χ2n) is 12.2. The smallest absolute Gasteiger partial charge is 0.278 e. The highest BCUT2D eigenvalue weighted by molar-refractivity contribution is 6.36. The van der Waals surface area contributed by atoms with Crippen LogP contribution >= 0.6 is 11.6 Å². The first-order valence-corrected chi connectivity index (χ1v) is 16.3. The van der Waals surface area contributed by atoms with E-state index in [4.69, 9.17) is 26.1 Å². The molecule has 1 saturated heterocycles. The molecule has 10 nitrogen and oxygen atoms in total. The monoisotopic (exact) mass is 652 g/mol. The molecule has 11 heteroatoms. The first-order valence-electron chi connectivity index (χ1n) is 15.9. The lowest BCUT2D eigenvalue weighted by Gasteiger charge is -2.29. The molecule has 0 radical (unpaired) electrons. The number of anilines is 2. The van der Waals surface area contributed by atoms with E-state index in [1.165, 1.54) is 10.2 Å². The van der Waals surface area contributed by atoms with Crippen molar-refractivity contribution in [2.24, 2.45) is 7.05 Å². The number of aliphatic hydroxyl groups is 1. The summed E-state index contributed by atoms with van der Waals surface area (Å²) in [5.41, 5.74) is 7.29. The van der Waals surface area contributed by atoms with Crippen molar-refractivity contribution in [3.63, 3.8) is 0 Å². The minimum atomic E-state index is -0.497. The fourth-order valence-corrected chi connectivity index (χ4v) is 7.17. The molecule has 2 aromatic carbocycles. The molecule has 1 unspecified atom stereocenters. The van der Waals surface area contributed by atoms with Crippen LogP contribution in [0.15, 0.2) is 65.7 Å². The number of ether oxygens (including phenoxy) is 2. The zero-order valence-electron chi connectivity index (χ0n) is 26.6. The van der Waals surface area contributed by atoms with Gasteiger partial charge < -0.3 is 25.2 Å². The molecule has 1 aliphatic heterocycles. The van der Waals surface area contributed by atoms with Crippen molar-refractivity contribution in [2.75, 3.05) is 32.2 Å². The van der Waals surface area contributed by atoms with Gasteiger partial charge in [-0.05, 0) is 61.1 Å². The average molecular weight is 653 g/mol. The SMILES string of the molecule is COc1nc(-c2cccc(-c3cccc(Nc4nccc5cnn(C)c(=O)c45)c3C)c2Cl)cc2c1C(CN[C@H]1CCOC[C@H]1O)CC2. The minimum Gasteiger partial charge on any atom is -0.481 e. The van der Waals surface area contributed by atoms with Crippen LogP contribution in [0.4, 0.5) is 11.5 Å². The third-order valence-electron chi connectivity index (χ3n) is 9.44. The quantitative estimate of drug-likeness (QED) is 0.198. The molecule has 0 spiro atoms. The molecule has 4 heterocycles. The second kappa shape index (κ2) is 13.0. The maximum Gasteiger partial charge on any atom is 0.278 e. The summed E-state index contributed by atoms with van der Waals surface area (Å²) in [4.78, 5) is 22.4. The molecule has 0 amide bonds. The van der Waals surface area contributed by atoms with Crippen molar-refractivity contribution in [1.29, 1.82) is 0 Å². The molecule has 0 bridgehead atoms. The van der Waals surface area contributed by atoms with Gasteiger partial charge in [0.1, 0.15) is 5.82 Å². The highest BCUT2D eigenvalue weighted by Gasteiger charge is 2.31. The van der Waals surface area contributed by atoms with Crippen LogP contribution in [0.1, 0.15) is 35.4 Å². The molecule has 242 valence electrons. The lowest BCUT2D eigenvalue weighted by Crippen LogP contribution is -2.47. The number of halogens is 1. The van der Waals surface area contributed by atoms with E-state index in [0.717, 1.165) is 65.0 Å². The second-order valence-corrected chi connectivity index (χ2v) is 12.6. The van der Waals surface area contributed by atoms with Gasteiger partial charge in [-0.2, -0.15) is 5.10 Å². The summed E-state index contributed by atoms with van der Waals surface area (Å²) in [5.74, 6) is 1.32. The van der Waals surface area contributed by atoms with Gasteiger partial charge in [-0.3, -0.25) is 4.79 Å². The van der Waals surface area contributed by atoms with Gasteiger partial charge >= 0.3 is 0 Å². The van der Waals surface area contributed by atoms with Gasteiger partial charge in [-0.1, -0.05) is 41.9 Å². The molecular formula is C36H37ClN6O4. The number of pyridine rings is 2. The van der Waals surface area contributed by atoms with Crippen molar-refractivity contribution in [3.8, 4) is 28.3 Å². The van der Waals surface area contributed by atoms with Gasteiger partial charge in [0.25, 0.3) is 5.56 Å². The number of benzene rings is 2. The first-order chi connectivity index (χ1) is 22.8. The van der Waals surface area contributed by atoms with Gasteiger partial charge in [0, 0.05) is 66.1 Å². The number of hydrogen-bond donors (Lipinski definition) is 3. The molecule has 3 aromatic heterocycles. The molecule has 1 aliphatic carbocycles. The Balaban J connectivity index is 1.20.